The SMILES string of the molecule is COCCNC(=O)CN(C)C(=O)c1cccc(N)c1Br. The highest BCUT2D eigenvalue weighted by Gasteiger charge is 2.18. The maximum absolute atomic E-state index is 12.2. The van der Waals surface area contributed by atoms with Gasteiger partial charge in [-0.05, 0) is 28.1 Å². The molecule has 20 heavy (non-hydrogen) atoms. The van der Waals surface area contributed by atoms with E-state index in [4.69, 9.17) is 10.5 Å². The van der Waals surface area contributed by atoms with Crippen LogP contribution in [0.5, 0.6) is 0 Å². The van der Waals surface area contributed by atoms with Crippen LogP contribution in [0.15, 0.2) is 22.7 Å². The predicted molar refractivity (Wildman–Crippen MR) is 80.4 cm³/mol. The Morgan fingerprint density at radius 3 is 2.80 bits per heavy atom. The van der Waals surface area contributed by atoms with E-state index in [0.29, 0.717) is 28.9 Å². The van der Waals surface area contributed by atoms with Crippen LogP contribution in [0.25, 0.3) is 0 Å². The minimum atomic E-state index is -0.272. The molecule has 6 nitrogen and oxygen atoms in total. The molecule has 110 valence electrons. The molecule has 0 spiro atoms. The summed E-state index contributed by atoms with van der Waals surface area (Å²) in [5.74, 6) is -0.510. The number of methoxy groups -OCH3 is 1. The van der Waals surface area contributed by atoms with Gasteiger partial charge in [0.1, 0.15) is 0 Å². The first-order valence-corrected chi connectivity index (χ1v) is 6.81. The van der Waals surface area contributed by atoms with E-state index in [2.05, 4.69) is 21.2 Å². The Kier molecular flexibility index (Phi) is 6.47. The van der Waals surface area contributed by atoms with Crippen LogP contribution in [0.1, 0.15) is 10.4 Å². The van der Waals surface area contributed by atoms with Gasteiger partial charge >= 0.3 is 0 Å². The number of nitrogens with zero attached hydrogens (tertiary/aromatic N) is 1. The Labute approximate surface area is 126 Å². The fourth-order valence-electron chi connectivity index (χ4n) is 1.56. The zero-order valence-electron chi connectivity index (χ0n) is 11.5. The molecule has 3 N–H and O–H groups in total. The molecule has 0 aromatic heterocycles. The molecule has 1 rings (SSSR count). The average Bonchev–Trinajstić information content (AvgIpc) is 2.41. The normalized spacial score (nSPS) is 10.2. The minimum Gasteiger partial charge on any atom is -0.398 e. The maximum Gasteiger partial charge on any atom is 0.255 e. The Balaban J connectivity index is 2.63. The van der Waals surface area contributed by atoms with Crippen molar-refractivity contribution in [3.63, 3.8) is 0 Å². The van der Waals surface area contributed by atoms with Crippen molar-refractivity contribution in [1.82, 2.24) is 10.2 Å². The molecule has 0 heterocycles. The van der Waals surface area contributed by atoms with Gasteiger partial charge in [0, 0.05) is 26.4 Å². The number of hydrogen-bond donors (Lipinski definition) is 2. The van der Waals surface area contributed by atoms with Gasteiger partial charge in [-0.3, -0.25) is 9.59 Å². The standard InChI is InChI=1S/C13H18BrN3O3/c1-17(8-11(18)16-6-7-20-2)13(19)9-4-3-5-10(15)12(9)14/h3-5H,6-8,15H2,1-2H3,(H,16,18). The number of carbonyl (C=O) groups is 2. The van der Waals surface area contributed by atoms with Crippen molar-refractivity contribution < 1.29 is 14.3 Å². The molecule has 1 aromatic rings. The summed E-state index contributed by atoms with van der Waals surface area (Å²) < 4.78 is 5.37. The second-order valence-electron chi connectivity index (χ2n) is 4.21. The third-order valence-electron chi connectivity index (χ3n) is 2.61. The molecule has 7 heteroatoms. The van der Waals surface area contributed by atoms with Gasteiger partial charge in [-0.2, -0.15) is 0 Å². The lowest BCUT2D eigenvalue weighted by atomic mass is 10.2. The molecule has 0 aliphatic heterocycles. The van der Waals surface area contributed by atoms with Gasteiger partial charge in [0.05, 0.1) is 23.2 Å². The highest BCUT2D eigenvalue weighted by Crippen LogP contribution is 2.24. The third kappa shape index (κ3) is 4.50. The first-order chi connectivity index (χ1) is 9.47. The van der Waals surface area contributed by atoms with Crippen LogP contribution in [-0.4, -0.2) is 50.6 Å². The zero-order valence-corrected chi connectivity index (χ0v) is 13.1. The largest absolute Gasteiger partial charge is 0.398 e. The van der Waals surface area contributed by atoms with Crippen molar-refractivity contribution in [2.45, 2.75) is 0 Å². The summed E-state index contributed by atoms with van der Waals surface area (Å²) in [4.78, 5) is 25.2. The van der Waals surface area contributed by atoms with Crippen molar-refractivity contribution in [3.8, 4) is 0 Å². The first kappa shape index (κ1) is 16.5. The molecule has 1 aromatic carbocycles. The van der Waals surface area contributed by atoms with E-state index in [1.165, 1.54) is 4.90 Å². The first-order valence-electron chi connectivity index (χ1n) is 6.02. The molecule has 0 bridgehead atoms. The molecule has 0 atom stereocenters. The second kappa shape index (κ2) is 7.86. The molecule has 0 saturated carbocycles. The molecule has 0 radical (unpaired) electrons. The number of ether oxygens (including phenoxy) is 1. The number of nitrogens with two attached hydrogens (primary N) is 1. The molecule has 0 fully saturated rings. The van der Waals surface area contributed by atoms with E-state index >= 15 is 0 Å². The van der Waals surface area contributed by atoms with E-state index in [-0.39, 0.29) is 18.4 Å². The quantitative estimate of drug-likeness (QED) is 0.592. The topological polar surface area (TPSA) is 84.7 Å². The van der Waals surface area contributed by atoms with Crippen molar-refractivity contribution >= 4 is 33.4 Å². The van der Waals surface area contributed by atoms with Crippen LogP contribution in [-0.2, 0) is 9.53 Å². The summed E-state index contributed by atoms with van der Waals surface area (Å²) >= 11 is 3.28. The number of rotatable bonds is 6. The number of likely N-dealkylation sites (N-methyl/N-ethyl adjacent to an activating group) is 1. The van der Waals surface area contributed by atoms with Gasteiger partial charge in [0.25, 0.3) is 5.91 Å². The lowest BCUT2D eigenvalue weighted by molar-refractivity contribution is -0.121. The van der Waals surface area contributed by atoms with Crippen LogP contribution in [0, 0.1) is 0 Å². The maximum atomic E-state index is 12.2. The fraction of sp³-hybridized carbons (Fsp3) is 0.385. The van der Waals surface area contributed by atoms with Crippen LogP contribution < -0.4 is 11.1 Å². The molecular formula is C13H18BrN3O3. The number of nitrogens with one attached hydrogen (secondary N) is 1. The van der Waals surface area contributed by atoms with Gasteiger partial charge in [0.15, 0.2) is 0 Å². The number of amides is 2. The van der Waals surface area contributed by atoms with Crippen molar-refractivity contribution in [3.05, 3.63) is 28.2 Å². The zero-order chi connectivity index (χ0) is 15.1. The smallest absolute Gasteiger partial charge is 0.255 e. The van der Waals surface area contributed by atoms with Gasteiger partial charge in [-0.15, -0.1) is 0 Å². The minimum absolute atomic E-state index is 0.0240. The van der Waals surface area contributed by atoms with Crippen molar-refractivity contribution in [2.75, 3.05) is 39.6 Å². The highest BCUT2D eigenvalue weighted by molar-refractivity contribution is 9.10. The average molecular weight is 344 g/mol. The summed E-state index contributed by atoms with van der Waals surface area (Å²) in [5, 5.41) is 2.65. The monoisotopic (exact) mass is 343 g/mol. The summed E-state index contributed by atoms with van der Waals surface area (Å²) in [6, 6.07) is 5.04. The predicted octanol–water partition coefficient (Wildman–Crippen LogP) is 0.866. The molecular weight excluding hydrogens is 326 g/mol. The highest BCUT2D eigenvalue weighted by atomic mass is 79.9. The Hall–Kier alpha value is -1.60. The van der Waals surface area contributed by atoms with Crippen molar-refractivity contribution in [1.29, 1.82) is 0 Å². The van der Waals surface area contributed by atoms with Crippen LogP contribution in [0.3, 0.4) is 0 Å². The Bertz CT molecular complexity index is 494. The van der Waals surface area contributed by atoms with Crippen molar-refractivity contribution in [2.24, 2.45) is 0 Å². The van der Waals surface area contributed by atoms with Gasteiger partial charge in [0.2, 0.25) is 5.91 Å². The van der Waals surface area contributed by atoms with E-state index in [0.717, 1.165) is 0 Å². The molecule has 0 unspecified atom stereocenters. The van der Waals surface area contributed by atoms with E-state index in [9.17, 15) is 9.59 Å². The number of anilines is 1. The van der Waals surface area contributed by atoms with E-state index < -0.39 is 0 Å². The molecule has 0 aliphatic carbocycles. The third-order valence-corrected chi connectivity index (χ3v) is 3.50. The lowest BCUT2D eigenvalue weighted by Crippen LogP contribution is -2.39. The Morgan fingerprint density at radius 2 is 2.15 bits per heavy atom. The lowest BCUT2D eigenvalue weighted by Gasteiger charge is -2.18. The molecule has 2 amide bonds. The second-order valence-corrected chi connectivity index (χ2v) is 5.01. The van der Waals surface area contributed by atoms with E-state index in [1.54, 1.807) is 32.4 Å². The number of benzene rings is 1. The van der Waals surface area contributed by atoms with Crippen LogP contribution in [0.4, 0.5) is 5.69 Å². The fourth-order valence-corrected chi connectivity index (χ4v) is 1.99. The molecule has 0 saturated heterocycles. The Morgan fingerprint density at radius 1 is 1.45 bits per heavy atom. The van der Waals surface area contributed by atoms with Gasteiger partial charge in [-0.25, -0.2) is 0 Å². The molecule has 0 aliphatic rings. The summed E-state index contributed by atoms with van der Waals surface area (Å²) in [6.07, 6.45) is 0. The van der Waals surface area contributed by atoms with Crippen LogP contribution in [0.2, 0.25) is 0 Å². The van der Waals surface area contributed by atoms with Crippen LogP contribution >= 0.6 is 15.9 Å². The number of hydrogen-bond acceptors (Lipinski definition) is 4. The number of nitrogen functional groups attached to an aromatic ring is 1. The van der Waals surface area contributed by atoms with Gasteiger partial charge < -0.3 is 20.7 Å². The number of halogens is 1. The summed E-state index contributed by atoms with van der Waals surface area (Å²) in [7, 11) is 3.12. The van der Waals surface area contributed by atoms with Gasteiger partial charge in [-0.1, -0.05) is 6.07 Å². The number of carbonyl (C=O) groups excluding carboxylic acids is 2. The van der Waals surface area contributed by atoms with E-state index in [1.807, 2.05) is 0 Å². The summed E-state index contributed by atoms with van der Waals surface area (Å²) in [5.41, 5.74) is 6.64. The summed E-state index contributed by atoms with van der Waals surface area (Å²) in [6.45, 7) is 0.827.